The molecule has 3 aromatic carbocycles. The van der Waals surface area contributed by atoms with Crippen molar-refractivity contribution < 1.29 is 13.2 Å². The molecule has 0 aliphatic heterocycles. The molecule has 0 bridgehead atoms. The van der Waals surface area contributed by atoms with Gasteiger partial charge < -0.3 is 4.74 Å². The number of aryl methyl sites for hydroxylation is 2. The number of H-pyrrole nitrogens is 1. The predicted octanol–water partition coefficient (Wildman–Crippen LogP) is 5.00. The molecule has 0 aliphatic rings. The Hall–Kier alpha value is -3.82. The maximum absolute atomic E-state index is 12.9. The highest BCUT2D eigenvalue weighted by Crippen LogP contribution is 2.31. The lowest BCUT2D eigenvalue weighted by Gasteiger charge is -2.11. The molecule has 0 saturated heterocycles. The highest BCUT2D eigenvalue weighted by molar-refractivity contribution is 7.92. The van der Waals surface area contributed by atoms with Crippen LogP contribution in [0, 0.1) is 13.8 Å². The van der Waals surface area contributed by atoms with E-state index in [1.165, 1.54) is 36.2 Å². The van der Waals surface area contributed by atoms with E-state index in [2.05, 4.69) is 14.8 Å². The molecular weight excluding hydrogens is 488 g/mol. The van der Waals surface area contributed by atoms with E-state index in [9.17, 15) is 13.2 Å². The smallest absolute Gasteiger partial charge is 0.280 e. The molecule has 10 heteroatoms. The molecule has 2 N–H and O–H groups in total. The number of anilines is 1. The van der Waals surface area contributed by atoms with Gasteiger partial charge in [-0.2, -0.15) is 0 Å². The van der Waals surface area contributed by atoms with Crippen LogP contribution in [0.5, 0.6) is 5.75 Å². The Morgan fingerprint density at radius 3 is 2.54 bits per heavy atom. The molecule has 0 fully saturated rings. The summed E-state index contributed by atoms with van der Waals surface area (Å²) >= 11 is 6.05. The van der Waals surface area contributed by atoms with E-state index in [0.29, 0.717) is 33.3 Å². The van der Waals surface area contributed by atoms with Crippen LogP contribution in [0.1, 0.15) is 16.8 Å². The van der Waals surface area contributed by atoms with Crippen LogP contribution < -0.4 is 15.0 Å². The Labute approximate surface area is 207 Å². The highest BCUT2D eigenvalue weighted by Gasteiger charge is 2.17. The number of sulfonamides is 1. The van der Waals surface area contributed by atoms with Gasteiger partial charge in [-0.15, -0.1) is 0 Å². The van der Waals surface area contributed by atoms with Crippen molar-refractivity contribution in [3.63, 3.8) is 0 Å². The first-order valence-electron chi connectivity index (χ1n) is 10.6. The maximum atomic E-state index is 12.9. The van der Waals surface area contributed by atoms with Gasteiger partial charge in [0.1, 0.15) is 11.4 Å². The number of aromatic amines is 1. The lowest BCUT2D eigenvalue weighted by Crippen LogP contribution is -2.17. The van der Waals surface area contributed by atoms with Crippen LogP contribution in [-0.4, -0.2) is 31.5 Å². The van der Waals surface area contributed by atoms with Gasteiger partial charge in [0, 0.05) is 28.7 Å². The van der Waals surface area contributed by atoms with Crippen LogP contribution in [0.15, 0.2) is 81.4 Å². The minimum absolute atomic E-state index is 0.0240. The first kappa shape index (κ1) is 24.3. The second kappa shape index (κ2) is 9.81. The third-order valence-electron chi connectivity index (χ3n) is 5.25. The van der Waals surface area contributed by atoms with Crippen LogP contribution in [0.2, 0.25) is 5.02 Å². The number of aromatic nitrogens is 2. The topological polar surface area (TPSA) is 106 Å². The molecule has 0 unspecified atom stereocenters. The van der Waals surface area contributed by atoms with Crippen molar-refractivity contribution in [2.75, 3.05) is 11.8 Å². The van der Waals surface area contributed by atoms with Crippen LogP contribution >= 0.6 is 11.6 Å². The SMILES string of the molecule is COc1cc(S(=O)(=O)Nc2cccc(C)c2)ccc1N=Cc1c(C)[nH]n(-c2cccc(Cl)c2)c1=O. The van der Waals surface area contributed by atoms with Gasteiger partial charge in [0.05, 0.1) is 23.3 Å². The summed E-state index contributed by atoms with van der Waals surface area (Å²) in [7, 11) is -2.42. The number of halogens is 1. The summed E-state index contributed by atoms with van der Waals surface area (Å²) in [6.07, 6.45) is 1.42. The quantitative estimate of drug-likeness (QED) is 0.341. The Kier molecular flexibility index (Phi) is 6.81. The highest BCUT2D eigenvalue weighted by atomic mass is 35.5. The summed E-state index contributed by atoms with van der Waals surface area (Å²) in [5.74, 6) is 0.247. The zero-order valence-electron chi connectivity index (χ0n) is 19.2. The first-order chi connectivity index (χ1) is 16.7. The molecule has 0 spiro atoms. The molecular formula is C25H23ClN4O4S. The summed E-state index contributed by atoms with van der Waals surface area (Å²) in [6, 6.07) is 18.3. The van der Waals surface area contributed by atoms with E-state index < -0.39 is 10.0 Å². The van der Waals surface area contributed by atoms with E-state index in [0.717, 1.165) is 5.56 Å². The van der Waals surface area contributed by atoms with Gasteiger partial charge in [0.2, 0.25) is 0 Å². The fourth-order valence-electron chi connectivity index (χ4n) is 3.50. The van der Waals surface area contributed by atoms with Crippen molar-refractivity contribution in [1.82, 2.24) is 9.78 Å². The number of methoxy groups -OCH3 is 1. The maximum Gasteiger partial charge on any atom is 0.280 e. The molecule has 0 aliphatic carbocycles. The molecule has 180 valence electrons. The number of benzene rings is 3. The summed E-state index contributed by atoms with van der Waals surface area (Å²) in [5.41, 5.74) is 3.03. The van der Waals surface area contributed by atoms with Crippen molar-refractivity contribution in [3.8, 4) is 11.4 Å². The molecule has 1 heterocycles. The van der Waals surface area contributed by atoms with Crippen molar-refractivity contribution in [2.45, 2.75) is 18.7 Å². The lowest BCUT2D eigenvalue weighted by atomic mass is 10.2. The van der Waals surface area contributed by atoms with Gasteiger partial charge in [0.25, 0.3) is 15.6 Å². The van der Waals surface area contributed by atoms with Crippen LogP contribution in [0.25, 0.3) is 5.69 Å². The van der Waals surface area contributed by atoms with Gasteiger partial charge in [-0.1, -0.05) is 29.8 Å². The van der Waals surface area contributed by atoms with E-state index in [1.54, 1.807) is 49.4 Å². The average Bonchev–Trinajstić information content (AvgIpc) is 3.10. The average molecular weight is 511 g/mol. The molecule has 0 radical (unpaired) electrons. The standard InChI is InChI=1S/C25H23ClN4O4S/c1-16-6-4-8-19(12-16)29-35(32,33)21-10-11-23(24(14-21)34-3)27-15-22-17(2)28-30(25(22)31)20-9-5-7-18(26)13-20/h4-15,28-29H,1-3H3. The summed E-state index contributed by atoms with van der Waals surface area (Å²) < 4.78 is 35.0. The normalized spacial score (nSPS) is 11.7. The Morgan fingerprint density at radius 2 is 1.83 bits per heavy atom. The van der Waals surface area contributed by atoms with Gasteiger partial charge in [-0.05, 0) is 61.9 Å². The van der Waals surface area contributed by atoms with Crippen molar-refractivity contribution in [3.05, 3.63) is 98.9 Å². The lowest BCUT2D eigenvalue weighted by molar-refractivity contribution is 0.415. The van der Waals surface area contributed by atoms with Crippen molar-refractivity contribution in [2.24, 2.45) is 4.99 Å². The van der Waals surface area contributed by atoms with Crippen LogP contribution in [0.4, 0.5) is 11.4 Å². The molecule has 0 amide bonds. The molecule has 4 aromatic rings. The number of rotatable bonds is 7. The van der Waals surface area contributed by atoms with Crippen LogP contribution in [-0.2, 0) is 10.0 Å². The third kappa shape index (κ3) is 5.31. The number of hydrogen-bond donors (Lipinski definition) is 2. The van der Waals surface area contributed by atoms with E-state index in [4.69, 9.17) is 16.3 Å². The Morgan fingerprint density at radius 1 is 1.06 bits per heavy atom. The third-order valence-corrected chi connectivity index (χ3v) is 6.86. The fourth-order valence-corrected chi connectivity index (χ4v) is 4.75. The van der Waals surface area contributed by atoms with Gasteiger partial charge >= 0.3 is 0 Å². The number of hydrogen-bond acceptors (Lipinski definition) is 5. The minimum atomic E-state index is -3.84. The van der Waals surface area contributed by atoms with Gasteiger partial charge in [0.15, 0.2) is 0 Å². The second-order valence-electron chi connectivity index (χ2n) is 7.84. The van der Waals surface area contributed by atoms with Crippen molar-refractivity contribution >= 4 is 39.2 Å². The largest absolute Gasteiger partial charge is 0.494 e. The van der Waals surface area contributed by atoms with Crippen LogP contribution in [0.3, 0.4) is 0 Å². The Balaban J connectivity index is 1.63. The molecule has 1 aromatic heterocycles. The van der Waals surface area contributed by atoms with E-state index >= 15 is 0 Å². The van der Waals surface area contributed by atoms with Gasteiger partial charge in [-0.25, -0.2) is 13.1 Å². The molecule has 35 heavy (non-hydrogen) atoms. The summed E-state index contributed by atoms with van der Waals surface area (Å²) in [6.45, 7) is 3.64. The van der Waals surface area contributed by atoms with E-state index in [1.807, 2.05) is 13.0 Å². The predicted molar refractivity (Wildman–Crippen MR) is 138 cm³/mol. The number of nitrogens with one attached hydrogen (secondary N) is 2. The summed E-state index contributed by atoms with van der Waals surface area (Å²) in [5, 5.41) is 3.52. The zero-order valence-corrected chi connectivity index (χ0v) is 20.8. The second-order valence-corrected chi connectivity index (χ2v) is 9.96. The summed E-state index contributed by atoms with van der Waals surface area (Å²) in [4.78, 5) is 17.4. The monoisotopic (exact) mass is 510 g/mol. The zero-order chi connectivity index (χ0) is 25.2. The molecule has 8 nitrogen and oxygen atoms in total. The first-order valence-corrected chi connectivity index (χ1v) is 12.4. The number of aliphatic imine (C=N–C) groups is 1. The minimum Gasteiger partial charge on any atom is -0.494 e. The van der Waals surface area contributed by atoms with Gasteiger partial charge in [-0.3, -0.25) is 19.6 Å². The van der Waals surface area contributed by atoms with Crippen molar-refractivity contribution in [1.29, 1.82) is 0 Å². The number of ether oxygens (including phenoxy) is 1. The Bertz CT molecular complexity index is 1590. The van der Waals surface area contributed by atoms with E-state index in [-0.39, 0.29) is 16.2 Å². The molecule has 0 saturated carbocycles. The number of nitrogens with zero attached hydrogens (tertiary/aromatic N) is 2. The molecule has 0 atom stereocenters. The molecule has 4 rings (SSSR count). The fraction of sp³-hybridized carbons (Fsp3) is 0.120.